The van der Waals surface area contributed by atoms with Crippen molar-refractivity contribution < 1.29 is 13.2 Å². The molecule has 6 heteroatoms. The van der Waals surface area contributed by atoms with E-state index in [-0.39, 0.29) is 17.3 Å². The van der Waals surface area contributed by atoms with Crippen LogP contribution >= 0.6 is 15.9 Å². The van der Waals surface area contributed by atoms with Crippen LogP contribution in [-0.4, -0.2) is 24.7 Å². The number of alkyl halides is 3. The van der Waals surface area contributed by atoms with Crippen molar-refractivity contribution in [3.8, 4) is 0 Å². The van der Waals surface area contributed by atoms with Crippen molar-refractivity contribution in [2.24, 2.45) is 0 Å². The Bertz CT molecular complexity index is 500. The highest BCUT2D eigenvalue weighted by Crippen LogP contribution is 2.39. The van der Waals surface area contributed by atoms with Crippen molar-refractivity contribution >= 4 is 21.6 Å². The lowest BCUT2D eigenvalue weighted by molar-refractivity contribution is -0.137. The fourth-order valence-corrected chi connectivity index (χ4v) is 2.84. The van der Waals surface area contributed by atoms with Gasteiger partial charge in [0.2, 0.25) is 0 Å². The third-order valence-corrected chi connectivity index (χ3v) is 4.04. The van der Waals surface area contributed by atoms with Crippen LogP contribution in [0.5, 0.6) is 0 Å². The van der Waals surface area contributed by atoms with Crippen LogP contribution in [0.3, 0.4) is 0 Å². The molecule has 1 aliphatic heterocycles. The molecule has 1 aromatic rings. The van der Waals surface area contributed by atoms with Gasteiger partial charge in [0.25, 0.3) is 0 Å². The minimum atomic E-state index is -4.35. The van der Waals surface area contributed by atoms with Gasteiger partial charge in [-0.2, -0.15) is 13.2 Å². The van der Waals surface area contributed by atoms with E-state index in [2.05, 4.69) is 21.2 Å². The molecule has 20 heavy (non-hydrogen) atoms. The third-order valence-electron chi connectivity index (χ3n) is 3.55. The molecule has 2 rings (SSSR count). The quantitative estimate of drug-likeness (QED) is 0.821. The number of halogens is 4. The van der Waals surface area contributed by atoms with E-state index in [9.17, 15) is 13.2 Å². The fraction of sp³-hybridized carbons (Fsp3) is 0.571. The highest BCUT2D eigenvalue weighted by Gasteiger charge is 2.38. The van der Waals surface area contributed by atoms with Crippen molar-refractivity contribution in [1.82, 2.24) is 5.32 Å². The van der Waals surface area contributed by atoms with Crippen molar-refractivity contribution in [2.75, 3.05) is 18.0 Å². The molecule has 1 fully saturated rings. The molecule has 0 aromatic heterocycles. The zero-order valence-corrected chi connectivity index (χ0v) is 13.3. The van der Waals surface area contributed by atoms with E-state index in [1.54, 1.807) is 12.1 Å². The van der Waals surface area contributed by atoms with Crippen LogP contribution in [0.15, 0.2) is 22.7 Å². The Morgan fingerprint density at radius 3 is 2.60 bits per heavy atom. The van der Waals surface area contributed by atoms with E-state index in [4.69, 9.17) is 0 Å². The van der Waals surface area contributed by atoms with Crippen LogP contribution in [-0.2, 0) is 6.18 Å². The number of hydrogen-bond donors (Lipinski definition) is 1. The van der Waals surface area contributed by atoms with Crippen LogP contribution in [0.2, 0.25) is 0 Å². The Labute approximate surface area is 125 Å². The summed E-state index contributed by atoms with van der Waals surface area (Å²) in [7, 11) is 0. The van der Waals surface area contributed by atoms with Gasteiger partial charge >= 0.3 is 6.18 Å². The monoisotopic (exact) mass is 350 g/mol. The molecule has 0 bridgehead atoms. The molecule has 0 spiro atoms. The molecule has 1 N–H and O–H groups in total. The van der Waals surface area contributed by atoms with E-state index in [0.29, 0.717) is 17.6 Å². The second kappa shape index (κ2) is 5.22. The molecule has 0 saturated carbocycles. The predicted molar refractivity (Wildman–Crippen MR) is 78.0 cm³/mol. The Morgan fingerprint density at radius 1 is 1.35 bits per heavy atom. The SMILES string of the molecule is CC1CNC(C)(C)CN1c1ccc(Br)cc1C(F)(F)F. The van der Waals surface area contributed by atoms with Gasteiger partial charge in [-0.15, -0.1) is 0 Å². The van der Waals surface area contributed by atoms with Gasteiger partial charge in [0.05, 0.1) is 5.56 Å². The molecule has 1 heterocycles. The summed E-state index contributed by atoms with van der Waals surface area (Å²) in [5, 5.41) is 3.35. The van der Waals surface area contributed by atoms with Crippen LogP contribution in [0, 0.1) is 0 Å². The zero-order valence-electron chi connectivity index (χ0n) is 11.7. The second-order valence-electron chi connectivity index (χ2n) is 5.90. The summed E-state index contributed by atoms with van der Waals surface area (Å²) in [6.07, 6.45) is -4.35. The third kappa shape index (κ3) is 3.28. The van der Waals surface area contributed by atoms with Gasteiger partial charge in [-0.3, -0.25) is 0 Å². The molecular weight excluding hydrogens is 333 g/mol. The number of nitrogens with zero attached hydrogens (tertiary/aromatic N) is 1. The standard InChI is InChI=1S/C14H18BrF3N2/c1-9-7-19-13(2,3)8-20(9)12-5-4-10(15)6-11(12)14(16,17)18/h4-6,9,19H,7-8H2,1-3H3. The van der Waals surface area contributed by atoms with Gasteiger partial charge in [0, 0.05) is 34.8 Å². The molecule has 1 aromatic carbocycles. The maximum absolute atomic E-state index is 13.2. The molecule has 112 valence electrons. The van der Waals surface area contributed by atoms with Crippen molar-refractivity contribution in [2.45, 2.75) is 38.5 Å². The fourth-order valence-electron chi connectivity index (χ4n) is 2.48. The maximum atomic E-state index is 13.2. The molecular formula is C14H18BrF3N2. The predicted octanol–water partition coefficient (Wildman–Crippen LogP) is 4.04. The molecule has 1 unspecified atom stereocenters. The number of nitrogens with one attached hydrogen (secondary N) is 1. The Kier molecular flexibility index (Phi) is 4.08. The summed E-state index contributed by atoms with van der Waals surface area (Å²) >= 11 is 3.12. The molecule has 1 saturated heterocycles. The Hall–Kier alpha value is -0.750. The Morgan fingerprint density at radius 2 is 2.00 bits per heavy atom. The van der Waals surface area contributed by atoms with Gasteiger partial charge in [-0.25, -0.2) is 0 Å². The van der Waals surface area contributed by atoms with E-state index in [1.807, 2.05) is 25.7 Å². The van der Waals surface area contributed by atoms with Gasteiger partial charge < -0.3 is 10.2 Å². The van der Waals surface area contributed by atoms with Crippen molar-refractivity contribution in [1.29, 1.82) is 0 Å². The first kappa shape index (κ1) is 15.6. The molecule has 0 aliphatic carbocycles. The lowest BCUT2D eigenvalue weighted by Crippen LogP contribution is -2.61. The largest absolute Gasteiger partial charge is 0.418 e. The Balaban J connectivity index is 2.46. The normalized spacial score (nSPS) is 22.9. The highest BCUT2D eigenvalue weighted by atomic mass is 79.9. The van der Waals surface area contributed by atoms with Crippen LogP contribution in [0.4, 0.5) is 18.9 Å². The molecule has 2 nitrogen and oxygen atoms in total. The molecule has 0 amide bonds. The van der Waals surface area contributed by atoms with Crippen LogP contribution in [0.1, 0.15) is 26.3 Å². The highest BCUT2D eigenvalue weighted by molar-refractivity contribution is 9.10. The number of hydrogen-bond acceptors (Lipinski definition) is 2. The molecule has 1 atom stereocenters. The molecule has 0 radical (unpaired) electrons. The first-order valence-electron chi connectivity index (χ1n) is 6.48. The smallest absolute Gasteiger partial charge is 0.365 e. The van der Waals surface area contributed by atoms with Crippen LogP contribution < -0.4 is 10.2 Å². The topological polar surface area (TPSA) is 15.3 Å². The average Bonchev–Trinajstić information content (AvgIpc) is 2.31. The van der Waals surface area contributed by atoms with E-state index < -0.39 is 11.7 Å². The summed E-state index contributed by atoms with van der Waals surface area (Å²) in [6.45, 7) is 7.14. The van der Waals surface area contributed by atoms with Gasteiger partial charge in [0.1, 0.15) is 0 Å². The maximum Gasteiger partial charge on any atom is 0.418 e. The molecule has 1 aliphatic rings. The van der Waals surface area contributed by atoms with Crippen molar-refractivity contribution in [3.63, 3.8) is 0 Å². The van der Waals surface area contributed by atoms with Crippen molar-refractivity contribution in [3.05, 3.63) is 28.2 Å². The van der Waals surface area contributed by atoms with Gasteiger partial charge in [-0.1, -0.05) is 15.9 Å². The average molecular weight is 351 g/mol. The van der Waals surface area contributed by atoms with E-state index >= 15 is 0 Å². The van der Waals surface area contributed by atoms with Crippen LogP contribution in [0.25, 0.3) is 0 Å². The van der Waals surface area contributed by atoms with Gasteiger partial charge in [0.15, 0.2) is 0 Å². The summed E-state index contributed by atoms with van der Waals surface area (Å²) < 4.78 is 40.2. The number of piperazine rings is 1. The first-order chi connectivity index (χ1) is 9.10. The number of anilines is 1. The lowest BCUT2D eigenvalue weighted by atomic mass is 9.97. The zero-order chi connectivity index (χ0) is 15.1. The van der Waals surface area contributed by atoms with E-state index in [0.717, 1.165) is 6.07 Å². The minimum absolute atomic E-state index is 0.0188. The van der Waals surface area contributed by atoms with Gasteiger partial charge in [-0.05, 0) is 39.0 Å². The second-order valence-corrected chi connectivity index (χ2v) is 6.82. The summed E-state index contributed by atoms with van der Waals surface area (Å²) in [5.41, 5.74) is -0.540. The number of benzene rings is 1. The summed E-state index contributed by atoms with van der Waals surface area (Å²) in [5.74, 6) is 0. The minimum Gasteiger partial charge on any atom is -0.365 e. The summed E-state index contributed by atoms with van der Waals surface area (Å²) in [4.78, 5) is 1.84. The lowest BCUT2D eigenvalue weighted by Gasteiger charge is -2.45. The van der Waals surface area contributed by atoms with E-state index in [1.165, 1.54) is 0 Å². The first-order valence-corrected chi connectivity index (χ1v) is 7.28. The number of rotatable bonds is 1. The summed E-state index contributed by atoms with van der Waals surface area (Å²) in [6, 6.07) is 4.37.